The van der Waals surface area contributed by atoms with Crippen LogP contribution in [0, 0.1) is 27.7 Å². The number of aryl methyl sites for hydroxylation is 3. The molecule has 1 aromatic carbocycles. The van der Waals surface area contributed by atoms with Gasteiger partial charge in [-0.15, -0.1) is 0 Å². The van der Waals surface area contributed by atoms with Gasteiger partial charge in [0.1, 0.15) is 5.75 Å². The molecule has 7 heteroatoms. The number of carbonyl (C=O) groups excluding carboxylic acids is 2. The molecule has 2 rings (SSSR count). The predicted molar refractivity (Wildman–Crippen MR) is 107 cm³/mol. The normalized spacial score (nSPS) is 10.8. The number of carbonyl (C=O) groups is 2. The van der Waals surface area contributed by atoms with Crippen molar-refractivity contribution in [1.29, 1.82) is 0 Å². The Morgan fingerprint density at radius 2 is 1.68 bits per heavy atom. The first-order chi connectivity index (χ1) is 13.2. The summed E-state index contributed by atoms with van der Waals surface area (Å²) in [6, 6.07) is 5.33. The number of halogens is 1. The third-order valence-electron chi connectivity index (χ3n) is 4.52. The summed E-state index contributed by atoms with van der Waals surface area (Å²) in [5, 5.41) is 0.610. The van der Waals surface area contributed by atoms with Crippen LogP contribution in [0.4, 0.5) is 0 Å². The number of nitrogens with zero attached hydrogens (tertiary/aromatic N) is 1. The monoisotopic (exact) mass is 407 g/mol. The van der Waals surface area contributed by atoms with Crippen LogP contribution in [0.3, 0.4) is 0 Å². The first-order valence-electron chi connectivity index (χ1n) is 8.98. The van der Waals surface area contributed by atoms with Gasteiger partial charge < -0.3 is 18.8 Å². The number of hydrogen-bond acceptors (Lipinski definition) is 5. The van der Waals surface area contributed by atoms with Crippen molar-refractivity contribution in [2.24, 2.45) is 0 Å². The van der Waals surface area contributed by atoms with Crippen LogP contribution >= 0.6 is 11.6 Å². The van der Waals surface area contributed by atoms with E-state index in [1.165, 1.54) is 0 Å². The van der Waals surface area contributed by atoms with Crippen molar-refractivity contribution in [2.45, 2.75) is 34.2 Å². The quantitative estimate of drug-likeness (QED) is 0.467. The van der Waals surface area contributed by atoms with Gasteiger partial charge in [-0.05, 0) is 57.0 Å². The van der Waals surface area contributed by atoms with Gasteiger partial charge in [-0.25, -0.2) is 4.79 Å². The minimum absolute atomic E-state index is 0.246. The molecule has 0 aliphatic rings. The molecular weight excluding hydrogens is 382 g/mol. The number of ether oxygens (including phenoxy) is 3. The first kappa shape index (κ1) is 22.0. The predicted octanol–water partition coefficient (Wildman–Crippen LogP) is 3.83. The highest BCUT2D eigenvalue weighted by atomic mass is 35.5. The lowest BCUT2D eigenvalue weighted by atomic mass is 10.1. The second-order valence-corrected chi connectivity index (χ2v) is 7.11. The van der Waals surface area contributed by atoms with E-state index < -0.39 is 5.97 Å². The van der Waals surface area contributed by atoms with E-state index in [4.69, 9.17) is 25.8 Å². The van der Waals surface area contributed by atoms with Crippen molar-refractivity contribution >= 4 is 23.4 Å². The largest absolute Gasteiger partial charge is 0.481 e. The Hall–Kier alpha value is -2.31. The van der Waals surface area contributed by atoms with E-state index in [9.17, 15) is 9.59 Å². The molecule has 0 N–H and O–H groups in total. The molecule has 6 nitrogen and oxygen atoms in total. The van der Waals surface area contributed by atoms with Crippen molar-refractivity contribution in [1.82, 2.24) is 4.57 Å². The fraction of sp³-hybridized carbons (Fsp3) is 0.429. The highest BCUT2D eigenvalue weighted by Crippen LogP contribution is 2.27. The van der Waals surface area contributed by atoms with Crippen LogP contribution in [-0.2, 0) is 20.8 Å². The molecular formula is C21H26ClNO5. The summed E-state index contributed by atoms with van der Waals surface area (Å²) >= 11 is 5.99. The highest BCUT2D eigenvalue weighted by molar-refractivity contribution is 6.30. The van der Waals surface area contributed by atoms with Gasteiger partial charge in [0.15, 0.2) is 13.2 Å². The molecule has 0 fully saturated rings. The van der Waals surface area contributed by atoms with Gasteiger partial charge >= 0.3 is 5.97 Å². The van der Waals surface area contributed by atoms with E-state index in [0.29, 0.717) is 29.5 Å². The van der Waals surface area contributed by atoms with Gasteiger partial charge in [0.2, 0.25) is 5.78 Å². The summed E-state index contributed by atoms with van der Waals surface area (Å²) < 4.78 is 17.7. The minimum atomic E-state index is -0.602. The second-order valence-electron chi connectivity index (χ2n) is 6.67. The van der Waals surface area contributed by atoms with Gasteiger partial charge in [-0.2, -0.15) is 0 Å². The molecule has 0 bridgehead atoms. The summed E-state index contributed by atoms with van der Waals surface area (Å²) in [5.41, 5.74) is 4.00. The van der Waals surface area contributed by atoms with Crippen LogP contribution in [0.5, 0.6) is 5.75 Å². The standard InChI is InChI=1S/C21H26ClNO5/c1-13-8-17(22)9-14(2)21(13)28-12-20(25)27-11-19(24)18-10-15(3)23(16(18)4)6-7-26-5/h8-10H,6-7,11-12H2,1-5H3. The maximum absolute atomic E-state index is 12.5. The molecule has 28 heavy (non-hydrogen) atoms. The lowest BCUT2D eigenvalue weighted by Crippen LogP contribution is -2.20. The third-order valence-corrected chi connectivity index (χ3v) is 4.73. The van der Waals surface area contributed by atoms with E-state index >= 15 is 0 Å². The first-order valence-corrected chi connectivity index (χ1v) is 9.36. The van der Waals surface area contributed by atoms with Crippen molar-refractivity contribution < 1.29 is 23.8 Å². The number of benzene rings is 1. The Bertz CT molecular complexity index is 849. The topological polar surface area (TPSA) is 66.8 Å². The number of aromatic nitrogens is 1. The van der Waals surface area contributed by atoms with Crippen LogP contribution < -0.4 is 4.74 Å². The van der Waals surface area contributed by atoms with Crippen LogP contribution in [0.25, 0.3) is 0 Å². The zero-order chi connectivity index (χ0) is 20.8. The third kappa shape index (κ3) is 5.36. The number of hydrogen-bond donors (Lipinski definition) is 0. The Balaban J connectivity index is 1.92. The van der Waals surface area contributed by atoms with Crippen LogP contribution in [-0.4, -0.2) is 43.3 Å². The van der Waals surface area contributed by atoms with E-state index in [1.54, 1.807) is 25.3 Å². The van der Waals surface area contributed by atoms with E-state index in [0.717, 1.165) is 22.5 Å². The number of esters is 1. The van der Waals surface area contributed by atoms with E-state index in [1.807, 2.05) is 32.3 Å². The molecule has 0 saturated carbocycles. The van der Waals surface area contributed by atoms with Gasteiger partial charge in [0, 0.05) is 35.6 Å². The molecule has 0 atom stereocenters. The number of ketones is 1. The van der Waals surface area contributed by atoms with Gasteiger partial charge in [0.25, 0.3) is 0 Å². The maximum atomic E-state index is 12.5. The molecule has 0 radical (unpaired) electrons. The lowest BCUT2D eigenvalue weighted by molar-refractivity contribution is -0.144. The van der Waals surface area contributed by atoms with Crippen molar-refractivity contribution in [2.75, 3.05) is 26.9 Å². The maximum Gasteiger partial charge on any atom is 0.344 e. The number of rotatable bonds is 9. The smallest absolute Gasteiger partial charge is 0.344 e. The molecule has 1 heterocycles. The summed E-state index contributed by atoms with van der Waals surface area (Å²) in [4.78, 5) is 24.4. The summed E-state index contributed by atoms with van der Waals surface area (Å²) in [7, 11) is 1.63. The molecule has 0 aliphatic heterocycles. The molecule has 152 valence electrons. The van der Waals surface area contributed by atoms with Crippen LogP contribution in [0.15, 0.2) is 18.2 Å². The molecule has 0 aliphatic carbocycles. The Morgan fingerprint density at radius 1 is 1.04 bits per heavy atom. The Kier molecular flexibility index (Phi) is 7.66. The molecule has 1 aromatic heterocycles. The Labute approximate surface area is 170 Å². The fourth-order valence-corrected chi connectivity index (χ4v) is 3.46. The average Bonchev–Trinajstić information content (AvgIpc) is 2.91. The molecule has 0 amide bonds. The van der Waals surface area contributed by atoms with Crippen molar-refractivity contribution in [3.63, 3.8) is 0 Å². The van der Waals surface area contributed by atoms with E-state index in [2.05, 4.69) is 0 Å². The second kappa shape index (κ2) is 9.75. The van der Waals surface area contributed by atoms with Gasteiger partial charge in [-0.3, -0.25) is 4.79 Å². The minimum Gasteiger partial charge on any atom is -0.481 e. The van der Waals surface area contributed by atoms with Crippen molar-refractivity contribution in [3.8, 4) is 5.75 Å². The molecule has 0 saturated heterocycles. The SMILES string of the molecule is COCCn1c(C)cc(C(=O)COC(=O)COc2c(C)cc(Cl)cc2C)c1C. The van der Waals surface area contributed by atoms with Crippen LogP contribution in [0.2, 0.25) is 5.02 Å². The number of Topliss-reactive ketones (excluding diaryl/α,β-unsaturated/α-hetero) is 1. The zero-order valence-corrected chi connectivity index (χ0v) is 17.7. The lowest BCUT2D eigenvalue weighted by Gasteiger charge is -2.12. The number of methoxy groups -OCH3 is 1. The summed E-state index contributed by atoms with van der Waals surface area (Å²) in [6.07, 6.45) is 0. The Morgan fingerprint density at radius 3 is 2.29 bits per heavy atom. The zero-order valence-electron chi connectivity index (χ0n) is 16.9. The average molecular weight is 408 g/mol. The van der Waals surface area contributed by atoms with Crippen molar-refractivity contribution in [3.05, 3.63) is 51.3 Å². The van der Waals surface area contributed by atoms with Gasteiger partial charge in [0.05, 0.1) is 6.61 Å². The van der Waals surface area contributed by atoms with E-state index in [-0.39, 0.29) is 19.0 Å². The summed E-state index contributed by atoms with van der Waals surface area (Å²) in [6.45, 7) is 8.11. The van der Waals surface area contributed by atoms with Crippen LogP contribution in [0.1, 0.15) is 32.9 Å². The van der Waals surface area contributed by atoms with Gasteiger partial charge in [-0.1, -0.05) is 11.6 Å². The highest BCUT2D eigenvalue weighted by Gasteiger charge is 2.18. The molecule has 0 spiro atoms. The molecule has 0 unspecified atom stereocenters. The summed E-state index contributed by atoms with van der Waals surface area (Å²) in [5.74, 6) is -0.256. The fourth-order valence-electron chi connectivity index (χ4n) is 3.13. The molecule has 2 aromatic rings.